The van der Waals surface area contributed by atoms with E-state index >= 15 is 0 Å². The number of hydrogen-bond acceptors (Lipinski definition) is 2. The lowest BCUT2D eigenvalue weighted by Gasteiger charge is -2.40. The van der Waals surface area contributed by atoms with Crippen molar-refractivity contribution in [1.82, 2.24) is 5.32 Å². The van der Waals surface area contributed by atoms with E-state index < -0.39 is 0 Å². The SMILES string of the molecule is CCCNCc1cc(Cl)ccc1N1CCCC(C)C1C. The number of halogens is 1. The van der Waals surface area contributed by atoms with Gasteiger partial charge in [-0.2, -0.15) is 0 Å². The molecular weight excluding hydrogens is 268 g/mol. The topological polar surface area (TPSA) is 15.3 Å². The largest absolute Gasteiger partial charge is 0.368 e. The lowest BCUT2D eigenvalue weighted by atomic mass is 9.91. The number of nitrogens with zero attached hydrogens (tertiary/aromatic N) is 1. The van der Waals surface area contributed by atoms with Crippen molar-refractivity contribution in [2.75, 3.05) is 18.0 Å². The van der Waals surface area contributed by atoms with Crippen molar-refractivity contribution in [2.24, 2.45) is 5.92 Å². The first-order chi connectivity index (χ1) is 9.63. The Labute approximate surface area is 128 Å². The van der Waals surface area contributed by atoms with Gasteiger partial charge in [0, 0.05) is 29.8 Å². The molecule has 2 rings (SSSR count). The maximum Gasteiger partial charge on any atom is 0.0415 e. The van der Waals surface area contributed by atoms with Crippen molar-refractivity contribution >= 4 is 17.3 Å². The molecule has 1 aromatic rings. The van der Waals surface area contributed by atoms with E-state index in [0.717, 1.165) is 37.0 Å². The molecule has 3 heteroatoms. The van der Waals surface area contributed by atoms with Crippen molar-refractivity contribution in [1.29, 1.82) is 0 Å². The summed E-state index contributed by atoms with van der Waals surface area (Å²) in [4.78, 5) is 2.56. The molecule has 2 unspecified atom stereocenters. The highest BCUT2D eigenvalue weighted by Crippen LogP contribution is 2.32. The Morgan fingerprint density at radius 2 is 2.15 bits per heavy atom. The molecule has 2 nitrogen and oxygen atoms in total. The monoisotopic (exact) mass is 294 g/mol. The lowest BCUT2D eigenvalue weighted by Crippen LogP contribution is -2.43. The lowest BCUT2D eigenvalue weighted by molar-refractivity contribution is 0.363. The van der Waals surface area contributed by atoms with Crippen LogP contribution >= 0.6 is 11.6 Å². The van der Waals surface area contributed by atoms with E-state index in [1.54, 1.807) is 0 Å². The van der Waals surface area contributed by atoms with E-state index in [1.807, 2.05) is 6.07 Å². The molecule has 0 aromatic heterocycles. The van der Waals surface area contributed by atoms with Gasteiger partial charge in [0.15, 0.2) is 0 Å². The fraction of sp³-hybridized carbons (Fsp3) is 0.647. The van der Waals surface area contributed by atoms with Gasteiger partial charge in [-0.05, 0) is 62.4 Å². The van der Waals surface area contributed by atoms with Gasteiger partial charge >= 0.3 is 0 Å². The first kappa shape index (κ1) is 15.7. The van der Waals surface area contributed by atoms with Crippen LogP contribution in [-0.4, -0.2) is 19.1 Å². The molecule has 1 aliphatic heterocycles. The molecule has 2 atom stereocenters. The second-order valence-corrected chi connectivity index (χ2v) is 6.44. The Morgan fingerprint density at radius 1 is 1.35 bits per heavy atom. The third-order valence-corrected chi connectivity index (χ3v) is 4.70. The Kier molecular flexibility index (Phi) is 5.74. The Bertz CT molecular complexity index is 433. The van der Waals surface area contributed by atoms with Gasteiger partial charge in [0.05, 0.1) is 0 Å². The predicted molar refractivity (Wildman–Crippen MR) is 88.7 cm³/mol. The quantitative estimate of drug-likeness (QED) is 0.806. The van der Waals surface area contributed by atoms with Crippen molar-refractivity contribution in [2.45, 2.75) is 52.6 Å². The molecule has 0 amide bonds. The minimum absolute atomic E-state index is 0.606. The van der Waals surface area contributed by atoms with Crippen LogP contribution in [0.25, 0.3) is 0 Å². The third kappa shape index (κ3) is 3.67. The Hall–Kier alpha value is -0.730. The number of nitrogens with one attached hydrogen (secondary N) is 1. The molecule has 1 aromatic carbocycles. The molecule has 1 heterocycles. The van der Waals surface area contributed by atoms with Crippen molar-refractivity contribution in [3.05, 3.63) is 28.8 Å². The fourth-order valence-corrected chi connectivity index (χ4v) is 3.25. The first-order valence-electron chi connectivity index (χ1n) is 7.89. The van der Waals surface area contributed by atoms with Crippen LogP contribution in [0, 0.1) is 5.92 Å². The number of rotatable bonds is 5. The summed E-state index contributed by atoms with van der Waals surface area (Å²) in [6.07, 6.45) is 3.79. The fourth-order valence-electron chi connectivity index (χ4n) is 3.05. The average Bonchev–Trinajstić information content (AvgIpc) is 2.43. The highest BCUT2D eigenvalue weighted by Gasteiger charge is 2.26. The number of benzene rings is 1. The second kappa shape index (κ2) is 7.33. The summed E-state index contributed by atoms with van der Waals surface area (Å²) in [5.41, 5.74) is 2.68. The standard InChI is InChI=1S/C17H27ClN2/c1-4-9-19-12-15-11-16(18)7-8-17(15)20-10-5-6-13(2)14(20)3/h7-8,11,13-14,19H,4-6,9-10,12H2,1-3H3. The zero-order chi connectivity index (χ0) is 14.5. The van der Waals surface area contributed by atoms with Crippen molar-refractivity contribution in [3.63, 3.8) is 0 Å². The van der Waals surface area contributed by atoms with E-state index in [4.69, 9.17) is 11.6 Å². The molecule has 0 bridgehead atoms. The molecule has 0 aliphatic carbocycles. The van der Waals surface area contributed by atoms with Crippen molar-refractivity contribution < 1.29 is 0 Å². The van der Waals surface area contributed by atoms with Crippen LogP contribution in [0.1, 0.15) is 45.6 Å². The van der Waals surface area contributed by atoms with Crippen LogP contribution in [0.4, 0.5) is 5.69 Å². The number of hydrogen-bond donors (Lipinski definition) is 1. The Morgan fingerprint density at radius 3 is 2.90 bits per heavy atom. The summed E-state index contributed by atoms with van der Waals surface area (Å²) in [6.45, 7) is 10.0. The molecular formula is C17H27ClN2. The summed E-state index contributed by atoms with van der Waals surface area (Å²) >= 11 is 6.19. The van der Waals surface area contributed by atoms with Crippen LogP contribution < -0.4 is 10.2 Å². The third-order valence-electron chi connectivity index (χ3n) is 4.47. The van der Waals surface area contributed by atoms with E-state index in [0.29, 0.717) is 6.04 Å². The zero-order valence-electron chi connectivity index (χ0n) is 13.0. The first-order valence-corrected chi connectivity index (χ1v) is 8.27. The molecule has 0 saturated carbocycles. The summed E-state index contributed by atoms with van der Waals surface area (Å²) in [5.74, 6) is 0.760. The molecule has 0 spiro atoms. The van der Waals surface area contributed by atoms with Crippen LogP contribution in [-0.2, 0) is 6.54 Å². The number of piperidine rings is 1. The van der Waals surface area contributed by atoms with Gasteiger partial charge in [-0.15, -0.1) is 0 Å². The van der Waals surface area contributed by atoms with Crippen LogP contribution in [0.15, 0.2) is 18.2 Å². The summed E-state index contributed by atoms with van der Waals surface area (Å²) < 4.78 is 0. The molecule has 0 radical (unpaired) electrons. The predicted octanol–water partition coefficient (Wildman–Crippen LogP) is 4.46. The second-order valence-electron chi connectivity index (χ2n) is 6.00. The minimum atomic E-state index is 0.606. The normalized spacial score (nSPS) is 23.1. The van der Waals surface area contributed by atoms with Gasteiger partial charge in [0.1, 0.15) is 0 Å². The highest BCUT2D eigenvalue weighted by atomic mass is 35.5. The van der Waals surface area contributed by atoms with Gasteiger partial charge in [0.2, 0.25) is 0 Å². The van der Waals surface area contributed by atoms with Crippen molar-refractivity contribution in [3.8, 4) is 0 Å². The maximum absolute atomic E-state index is 6.19. The van der Waals surface area contributed by atoms with Crippen LogP contribution in [0.5, 0.6) is 0 Å². The molecule has 20 heavy (non-hydrogen) atoms. The van der Waals surface area contributed by atoms with Gasteiger partial charge in [-0.3, -0.25) is 0 Å². The average molecular weight is 295 g/mol. The summed E-state index contributed by atoms with van der Waals surface area (Å²) in [6, 6.07) is 6.94. The molecule has 112 valence electrons. The summed E-state index contributed by atoms with van der Waals surface area (Å²) in [5, 5.41) is 4.33. The van der Waals surface area contributed by atoms with Gasteiger partial charge in [-0.1, -0.05) is 25.4 Å². The highest BCUT2D eigenvalue weighted by molar-refractivity contribution is 6.30. The molecule has 1 saturated heterocycles. The van der Waals surface area contributed by atoms with E-state index in [1.165, 1.54) is 24.1 Å². The molecule has 1 N–H and O–H groups in total. The smallest absolute Gasteiger partial charge is 0.0415 e. The Balaban J connectivity index is 2.20. The minimum Gasteiger partial charge on any atom is -0.368 e. The van der Waals surface area contributed by atoms with E-state index in [-0.39, 0.29) is 0 Å². The molecule has 1 fully saturated rings. The maximum atomic E-state index is 6.19. The van der Waals surface area contributed by atoms with E-state index in [2.05, 4.69) is 43.1 Å². The van der Waals surface area contributed by atoms with Crippen LogP contribution in [0.3, 0.4) is 0 Å². The summed E-state index contributed by atoms with van der Waals surface area (Å²) in [7, 11) is 0. The number of anilines is 1. The van der Waals surface area contributed by atoms with Gasteiger partial charge in [0.25, 0.3) is 0 Å². The van der Waals surface area contributed by atoms with Gasteiger partial charge < -0.3 is 10.2 Å². The molecule has 1 aliphatic rings. The van der Waals surface area contributed by atoms with Crippen LogP contribution in [0.2, 0.25) is 5.02 Å². The zero-order valence-corrected chi connectivity index (χ0v) is 13.7. The van der Waals surface area contributed by atoms with Gasteiger partial charge in [-0.25, -0.2) is 0 Å². The van der Waals surface area contributed by atoms with E-state index in [9.17, 15) is 0 Å².